The molecule has 1 aliphatic rings. The Morgan fingerprint density at radius 3 is 2.71 bits per heavy atom. The molecule has 1 aromatic carbocycles. The highest BCUT2D eigenvalue weighted by Crippen LogP contribution is 2.24. The second kappa shape index (κ2) is 5.60. The number of benzene rings is 1. The summed E-state index contributed by atoms with van der Waals surface area (Å²) in [6.07, 6.45) is 1.08. The van der Waals surface area contributed by atoms with Crippen molar-refractivity contribution in [3.63, 3.8) is 0 Å². The van der Waals surface area contributed by atoms with Crippen molar-refractivity contribution in [2.75, 3.05) is 13.1 Å². The maximum atomic E-state index is 12.4. The Hall–Kier alpha value is -2.30. The first kappa shape index (κ1) is 13.7. The minimum Gasteiger partial charge on any atom is -0.488 e. The van der Waals surface area contributed by atoms with Gasteiger partial charge in [0.05, 0.1) is 16.8 Å². The Bertz CT molecular complexity index is 640. The summed E-state index contributed by atoms with van der Waals surface area (Å²) >= 11 is 0. The molecule has 0 radical (unpaired) electrons. The predicted molar refractivity (Wildman–Crippen MR) is 77.3 cm³/mol. The lowest BCUT2D eigenvalue weighted by Crippen LogP contribution is -2.42. The molecule has 5 heteroatoms. The third kappa shape index (κ3) is 2.63. The molecule has 0 saturated carbocycles. The largest absolute Gasteiger partial charge is 0.488 e. The smallest absolute Gasteiger partial charge is 0.257 e. The molecular weight excluding hydrogens is 268 g/mol. The maximum Gasteiger partial charge on any atom is 0.257 e. The van der Waals surface area contributed by atoms with Crippen molar-refractivity contribution in [1.29, 1.82) is 0 Å². The van der Waals surface area contributed by atoms with Gasteiger partial charge in [0.2, 0.25) is 0 Å². The summed E-state index contributed by atoms with van der Waals surface area (Å²) in [5.41, 5.74) is 2.37. The normalized spacial score (nSPS) is 13.9. The molecule has 1 fully saturated rings. The van der Waals surface area contributed by atoms with E-state index in [1.165, 1.54) is 0 Å². The van der Waals surface area contributed by atoms with Crippen LogP contribution in [0.3, 0.4) is 0 Å². The van der Waals surface area contributed by atoms with Crippen LogP contribution >= 0.6 is 0 Å². The van der Waals surface area contributed by atoms with Crippen LogP contribution in [-0.2, 0) is 6.61 Å². The fraction of sp³-hybridized carbons (Fsp3) is 0.375. The fourth-order valence-corrected chi connectivity index (χ4v) is 2.32. The predicted octanol–water partition coefficient (Wildman–Crippen LogP) is 2.72. The number of amides is 1. The van der Waals surface area contributed by atoms with Crippen LogP contribution in [0.15, 0.2) is 28.8 Å². The molecular formula is C16H18N2O3. The van der Waals surface area contributed by atoms with Gasteiger partial charge in [0.25, 0.3) is 5.91 Å². The van der Waals surface area contributed by atoms with Crippen LogP contribution in [-0.4, -0.2) is 29.1 Å². The van der Waals surface area contributed by atoms with Gasteiger partial charge in [0, 0.05) is 13.1 Å². The number of para-hydroxylation sites is 1. The number of hydrogen-bond acceptors (Lipinski definition) is 4. The SMILES string of the molecule is Cc1noc(C)c1COc1ccccc1C(=O)N1CCC1. The minimum absolute atomic E-state index is 0.0376. The average molecular weight is 286 g/mol. The molecule has 0 N–H and O–H groups in total. The Labute approximate surface area is 123 Å². The lowest BCUT2D eigenvalue weighted by atomic mass is 10.1. The summed E-state index contributed by atoms with van der Waals surface area (Å²) in [5, 5.41) is 3.91. The second-order valence-electron chi connectivity index (χ2n) is 5.23. The van der Waals surface area contributed by atoms with Crippen molar-refractivity contribution < 1.29 is 14.1 Å². The Kier molecular flexibility index (Phi) is 3.64. The third-order valence-corrected chi connectivity index (χ3v) is 3.81. The van der Waals surface area contributed by atoms with Gasteiger partial charge in [-0.1, -0.05) is 17.3 Å². The number of carbonyl (C=O) groups excluding carboxylic acids is 1. The molecule has 0 atom stereocenters. The van der Waals surface area contributed by atoms with Gasteiger partial charge in [-0.3, -0.25) is 4.79 Å². The molecule has 0 bridgehead atoms. The molecule has 1 aliphatic heterocycles. The van der Waals surface area contributed by atoms with Crippen molar-refractivity contribution in [2.24, 2.45) is 0 Å². The zero-order chi connectivity index (χ0) is 14.8. The molecule has 2 aromatic rings. The minimum atomic E-state index is 0.0376. The van der Waals surface area contributed by atoms with E-state index in [1.807, 2.05) is 43.0 Å². The van der Waals surface area contributed by atoms with E-state index in [0.717, 1.165) is 36.5 Å². The number of ether oxygens (including phenoxy) is 1. The summed E-state index contributed by atoms with van der Waals surface area (Å²) in [4.78, 5) is 14.2. The highest BCUT2D eigenvalue weighted by atomic mass is 16.5. The van der Waals surface area contributed by atoms with Crippen molar-refractivity contribution in [3.05, 3.63) is 46.8 Å². The number of likely N-dealkylation sites (tertiary alicyclic amines) is 1. The van der Waals surface area contributed by atoms with Crippen LogP contribution in [0.1, 0.15) is 33.8 Å². The number of aromatic nitrogens is 1. The first-order valence-electron chi connectivity index (χ1n) is 7.09. The molecule has 21 heavy (non-hydrogen) atoms. The van der Waals surface area contributed by atoms with E-state index in [-0.39, 0.29) is 5.91 Å². The Balaban J connectivity index is 1.78. The quantitative estimate of drug-likeness (QED) is 0.867. The molecule has 2 heterocycles. The van der Waals surface area contributed by atoms with Gasteiger partial charge in [-0.05, 0) is 32.4 Å². The van der Waals surface area contributed by atoms with Gasteiger partial charge < -0.3 is 14.2 Å². The van der Waals surface area contributed by atoms with Gasteiger partial charge in [0.15, 0.2) is 0 Å². The van der Waals surface area contributed by atoms with E-state index < -0.39 is 0 Å². The fourth-order valence-electron chi connectivity index (χ4n) is 2.32. The third-order valence-electron chi connectivity index (χ3n) is 3.81. The number of hydrogen-bond donors (Lipinski definition) is 0. The van der Waals surface area contributed by atoms with Gasteiger partial charge in [-0.2, -0.15) is 0 Å². The number of rotatable bonds is 4. The topological polar surface area (TPSA) is 55.6 Å². The number of carbonyl (C=O) groups is 1. The molecule has 5 nitrogen and oxygen atoms in total. The summed E-state index contributed by atoms with van der Waals surface area (Å²) in [6, 6.07) is 7.36. The van der Waals surface area contributed by atoms with Crippen LogP contribution in [0.4, 0.5) is 0 Å². The zero-order valence-electron chi connectivity index (χ0n) is 12.3. The first-order valence-corrected chi connectivity index (χ1v) is 7.09. The van der Waals surface area contributed by atoms with Crippen molar-refractivity contribution in [2.45, 2.75) is 26.9 Å². The number of nitrogens with zero attached hydrogens (tertiary/aromatic N) is 2. The van der Waals surface area contributed by atoms with Crippen molar-refractivity contribution >= 4 is 5.91 Å². The van der Waals surface area contributed by atoms with Gasteiger partial charge in [-0.15, -0.1) is 0 Å². The molecule has 1 saturated heterocycles. The van der Waals surface area contributed by atoms with E-state index in [9.17, 15) is 4.79 Å². The van der Waals surface area contributed by atoms with E-state index in [1.54, 1.807) is 0 Å². The van der Waals surface area contributed by atoms with Crippen LogP contribution in [0, 0.1) is 13.8 Å². The summed E-state index contributed by atoms with van der Waals surface area (Å²) in [7, 11) is 0. The zero-order valence-corrected chi connectivity index (χ0v) is 12.3. The second-order valence-corrected chi connectivity index (χ2v) is 5.23. The van der Waals surface area contributed by atoms with Crippen LogP contribution in [0.25, 0.3) is 0 Å². The molecule has 0 spiro atoms. The Morgan fingerprint density at radius 2 is 2.10 bits per heavy atom. The van der Waals surface area contributed by atoms with Crippen LogP contribution < -0.4 is 4.74 Å². The first-order chi connectivity index (χ1) is 10.2. The summed E-state index contributed by atoms with van der Waals surface area (Å²) < 4.78 is 11.0. The average Bonchev–Trinajstić information content (AvgIpc) is 2.74. The molecule has 1 amide bonds. The molecule has 1 aromatic heterocycles. The van der Waals surface area contributed by atoms with Gasteiger partial charge >= 0.3 is 0 Å². The van der Waals surface area contributed by atoms with E-state index in [2.05, 4.69) is 5.16 Å². The lowest BCUT2D eigenvalue weighted by Gasteiger charge is -2.31. The monoisotopic (exact) mass is 286 g/mol. The van der Waals surface area contributed by atoms with Gasteiger partial charge in [0.1, 0.15) is 18.1 Å². The summed E-state index contributed by atoms with van der Waals surface area (Å²) in [5.74, 6) is 1.39. The Morgan fingerprint density at radius 1 is 1.33 bits per heavy atom. The number of aryl methyl sites for hydroxylation is 2. The molecule has 0 aliphatic carbocycles. The highest BCUT2D eigenvalue weighted by molar-refractivity contribution is 5.97. The summed E-state index contributed by atoms with van der Waals surface area (Å²) in [6.45, 7) is 5.75. The molecule has 110 valence electrons. The lowest BCUT2D eigenvalue weighted by molar-refractivity contribution is 0.0647. The van der Waals surface area contributed by atoms with Gasteiger partial charge in [-0.25, -0.2) is 0 Å². The van der Waals surface area contributed by atoms with Crippen molar-refractivity contribution in [3.8, 4) is 5.75 Å². The highest BCUT2D eigenvalue weighted by Gasteiger charge is 2.24. The standard InChI is InChI=1S/C16H18N2O3/c1-11-14(12(2)21-17-11)10-20-15-7-4-3-6-13(15)16(19)18-8-5-9-18/h3-4,6-7H,5,8-10H2,1-2H3. The molecule has 3 rings (SSSR count). The molecule has 0 unspecified atom stereocenters. The van der Waals surface area contributed by atoms with E-state index >= 15 is 0 Å². The van der Waals surface area contributed by atoms with Crippen LogP contribution in [0.5, 0.6) is 5.75 Å². The van der Waals surface area contributed by atoms with E-state index in [0.29, 0.717) is 17.9 Å². The van der Waals surface area contributed by atoms with Crippen molar-refractivity contribution in [1.82, 2.24) is 10.1 Å². The maximum absolute atomic E-state index is 12.4. The van der Waals surface area contributed by atoms with E-state index in [4.69, 9.17) is 9.26 Å². The van der Waals surface area contributed by atoms with Crippen LogP contribution in [0.2, 0.25) is 0 Å².